The zero-order chi connectivity index (χ0) is 25.9. The SMILES string of the molecule is COc1cc2c(cc1OC)CC(CC1CCN(CCCNc3c4c(nc5ccccc35)CCCC4)CC1)C2. The number of hydrogen-bond acceptors (Lipinski definition) is 5. The molecule has 0 saturated carbocycles. The lowest BCUT2D eigenvalue weighted by Crippen LogP contribution is -2.35. The van der Waals surface area contributed by atoms with Crippen molar-refractivity contribution in [2.24, 2.45) is 11.8 Å². The van der Waals surface area contributed by atoms with E-state index in [0.29, 0.717) is 0 Å². The molecule has 0 unspecified atom stereocenters. The molecule has 2 aliphatic carbocycles. The van der Waals surface area contributed by atoms with Crippen molar-refractivity contribution in [3.63, 3.8) is 0 Å². The maximum atomic E-state index is 5.53. The van der Waals surface area contributed by atoms with E-state index in [1.165, 1.54) is 104 Å². The van der Waals surface area contributed by atoms with E-state index in [4.69, 9.17) is 14.5 Å². The predicted molar refractivity (Wildman–Crippen MR) is 156 cm³/mol. The van der Waals surface area contributed by atoms with Gasteiger partial charge < -0.3 is 19.7 Å². The van der Waals surface area contributed by atoms with Crippen molar-refractivity contribution in [1.82, 2.24) is 9.88 Å². The first-order valence-corrected chi connectivity index (χ1v) is 14.8. The average Bonchev–Trinajstić information content (AvgIpc) is 3.35. The summed E-state index contributed by atoms with van der Waals surface area (Å²) in [6.07, 6.45) is 12.5. The standard InChI is InChI=1S/C33H43N3O2/c1-37-31-21-25-19-24(20-26(25)22-32(31)38-2)18-23-12-16-36(17-13-23)15-7-14-34-33-27-8-3-5-10-29(27)35-30-11-6-4-9-28(30)33/h3,5,8,10,21-24H,4,6-7,9,11-20H2,1-2H3,(H,34,35). The number of hydrogen-bond donors (Lipinski definition) is 1. The van der Waals surface area contributed by atoms with Gasteiger partial charge in [0.2, 0.25) is 0 Å². The third-order valence-electron chi connectivity index (χ3n) is 9.22. The van der Waals surface area contributed by atoms with Gasteiger partial charge in [-0.25, -0.2) is 0 Å². The number of pyridine rings is 1. The van der Waals surface area contributed by atoms with Crippen molar-refractivity contribution in [2.75, 3.05) is 45.7 Å². The van der Waals surface area contributed by atoms with Crippen molar-refractivity contribution in [3.8, 4) is 11.5 Å². The number of ether oxygens (including phenoxy) is 2. The Labute approximate surface area is 227 Å². The number of methoxy groups -OCH3 is 2. The zero-order valence-electron chi connectivity index (χ0n) is 23.2. The largest absolute Gasteiger partial charge is 0.493 e. The number of para-hydroxylation sites is 1. The van der Waals surface area contributed by atoms with Gasteiger partial charge in [0, 0.05) is 23.3 Å². The number of nitrogens with zero attached hydrogens (tertiary/aromatic N) is 2. The summed E-state index contributed by atoms with van der Waals surface area (Å²) in [4.78, 5) is 7.68. The lowest BCUT2D eigenvalue weighted by molar-refractivity contribution is 0.167. The van der Waals surface area contributed by atoms with Crippen molar-refractivity contribution in [3.05, 3.63) is 58.8 Å². The molecule has 1 N–H and O–H groups in total. The van der Waals surface area contributed by atoms with Crippen molar-refractivity contribution < 1.29 is 9.47 Å². The van der Waals surface area contributed by atoms with Gasteiger partial charge in [0.15, 0.2) is 11.5 Å². The average molecular weight is 514 g/mol. The molecular formula is C33H43N3O2. The van der Waals surface area contributed by atoms with Crippen LogP contribution < -0.4 is 14.8 Å². The van der Waals surface area contributed by atoms with Gasteiger partial charge in [0.25, 0.3) is 0 Å². The van der Waals surface area contributed by atoms with E-state index in [1.807, 2.05) is 0 Å². The molecule has 0 atom stereocenters. The predicted octanol–water partition coefficient (Wildman–Crippen LogP) is 6.45. The van der Waals surface area contributed by atoms with Crippen LogP contribution in [0, 0.1) is 11.8 Å². The van der Waals surface area contributed by atoms with E-state index in [0.717, 1.165) is 48.2 Å². The number of nitrogens with one attached hydrogen (secondary N) is 1. The van der Waals surface area contributed by atoms with Crippen molar-refractivity contribution in [1.29, 1.82) is 0 Å². The smallest absolute Gasteiger partial charge is 0.161 e. The number of anilines is 1. The zero-order valence-corrected chi connectivity index (χ0v) is 23.2. The molecule has 2 aromatic carbocycles. The number of benzene rings is 2. The first-order valence-electron chi connectivity index (χ1n) is 14.8. The van der Waals surface area contributed by atoms with Gasteiger partial charge in [-0.2, -0.15) is 0 Å². The molecule has 0 radical (unpaired) electrons. The Morgan fingerprint density at radius 1 is 0.921 bits per heavy atom. The number of aromatic nitrogens is 1. The first kappa shape index (κ1) is 25.5. The number of aryl methyl sites for hydroxylation is 1. The monoisotopic (exact) mass is 513 g/mol. The normalized spacial score (nSPS) is 18.4. The van der Waals surface area contributed by atoms with Gasteiger partial charge in [-0.15, -0.1) is 0 Å². The van der Waals surface area contributed by atoms with Crippen LogP contribution in [0.4, 0.5) is 5.69 Å². The molecule has 2 heterocycles. The summed E-state index contributed by atoms with van der Waals surface area (Å²) in [5.74, 6) is 3.37. The Bertz CT molecular complexity index is 1230. The Hall–Kier alpha value is -2.79. The van der Waals surface area contributed by atoms with Crippen LogP contribution in [0.2, 0.25) is 0 Å². The highest BCUT2D eigenvalue weighted by Crippen LogP contribution is 2.39. The minimum Gasteiger partial charge on any atom is -0.493 e. The van der Waals surface area contributed by atoms with Gasteiger partial charge in [-0.3, -0.25) is 4.98 Å². The third-order valence-corrected chi connectivity index (χ3v) is 9.22. The summed E-state index contributed by atoms with van der Waals surface area (Å²) < 4.78 is 11.1. The fourth-order valence-corrected chi connectivity index (χ4v) is 7.21. The molecule has 38 heavy (non-hydrogen) atoms. The van der Waals surface area contributed by atoms with E-state index in [1.54, 1.807) is 14.2 Å². The highest BCUT2D eigenvalue weighted by atomic mass is 16.5. The highest BCUT2D eigenvalue weighted by molar-refractivity contribution is 5.93. The van der Waals surface area contributed by atoms with E-state index >= 15 is 0 Å². The van der Waals surface area contributed by atoms with Gasteiger partial charge in [0.05, 0.1) is 19.7 Å². The molecule has 1 aromatic heterocycles. The Morgan fingerprint density at radius 3 is 2.37 bits per heavy atom. The summed E-state index contributed by atoms with van der Waals surface area (Å²) >= 11 is 0. The molecule has 3 aliphatic rings. The number of likely N-dealkylation sites (tertiary alicyclic amines) is 1. The molecule has 1 saturated heterocycles. The Kier molecular flexibility index (Phi) is 7.73. The van der Waals surface area contributed by atoms with Crippen LogP contribution in [0.5, 0.6) is 11.5 Å². The van der Waals surface area contributed by atoms with E-state index in [-0.39, 0.29) is 0 Å². The van der Waals surface area contributed by atoms with Crippen molar-refractivity contribution >= 4 is 16.6 Å². The molecule has 202 valence electrons. The number of rotatable bonds is 9. The summed E-state index contributed by atoms with van der Waals surface area (Å²) in [6, 6.07) is 13.1. The van der Waals surface area contributed by atoms with Crippen LogP contribution in [0.25, 0.3) is 10.9 Å². The van der Waals surface area contributed by atoms with E-state index < -0.39 is 0 Å². The van der Waals surface area contributed by atoms with Gasteiger partial charge in [0.1, 0.15) is 0 Å². The quantitative estimate of drug-likeness (QED) is 0.333. The molecule has 6 rings (SSSR count). The molecular weight excluding hydrogens is 470 g/mol. The number of piperidine rings is 1. The second-order valence-electron chi connectivity index (χ2n) is 11.7. The van der Waals surface area contributed by atoms with Crippen LogP contribution in [0.15, 0.2) is 36.4 Å². The lowest BCUT2D eigenvalue weighted by Gasteiger charge is -2.33. The highest BCUT2D eigenvalue weighted by Gasteiger charge is 2.28. The Balaban J connectivity index is 0.966. The van der Waals surface area contributed by atoms with Crippen LogP contribution in [-0.4, -0.2) is 50.3 Å². The molecule has 0 amide bonds. The van der Waals surface area contributed by atoms with Gasteiger partial charge >= 0.3 is 0 Å². The molecule has 0 bridgehead atoms. The topological polar surface area (TPSA) is 46.6 Å². The molecule has 0 spiro atoms. The minimum absolute atomic E-state index is 0.767. The molecule has 5 nitrogen and oxygen atoms in total. The maximum absolute atomic E-state index is 5.53. The molecule has 1 fully saturated rings. The summed E-state index contributed by atoms with van der Waals surface area (Å²) in [5, 5.41) is 5.14. The van der Waals surface area contributed by atoms with E-state index in [9.17, 15) is 0 Å². The van der Waals surface area contributed by atoms with Gasteiger partial charge in [-0.05, 0) is 131 Å². The van der Waals surface area contributed by atoms with Crippen LogP contribution >= 0.6 is 0 Å². The lowest BCUT2D eigenvalue weighted by atomic mass is 9.86. The van der Waals surface area contributed by atoms with Crippen LogP contribution in [-0.2, 0) is 25.7 Å². The maximum Gasteiger partial charge on any atom is 0.161 e. The van der Waals surface area contributed by atoms with Crippen LogP contribution in [0.1, 0.15) is 60.9 Å². The fraction of sp³-hybridized carbons (Fsp3) is 0.545. The van der Waals surface area contributed by atoms with E-state index in [2.05, 4.69) is 46.6 Å². The molecule has 5 heteroatoms. The first-order chi connectivity index (χ1) is 18.7. The summed E-state index contributed by atoms with van der Waals surface area (Å²) in [7, 11) is 3.46. The summed E-state index contributed by atoms with van der Waals surface area (Å²) in [5.41, 5.74) is 8.21. The molecule has 3 aromatic rings. The van der Waals surface area contributed by atoms with Crippen LogP contribution in [0.3, 0.4) is 0 Å². The minimum atomic E-state index is 0.767. The second-order valence-corrected chi connectivity index (χ2v) is 11.7. The van der Waals surface area contributed by atoms with Gasteiger partial charge in [-0.1, -0.05) is 18.2 Å². The second kappa shape index (κ2) is 11.5. The molecule has 1 aliphatic heterocycles. The fourth-order valence-electron chi connectivity index (χ4n) is 7.21. The third kappa shape index (κ3) is 5.36. The Morgan fingerprint density at radius 2 is 1.63 bits per heavy atom. The summed E-state index contributed by atoms with van der Waals surface area (Å²) in [6.45, 7) is 4.73. The number of fused-ring (bicyclic) bond motifs is 3. The van der Waals surface area contributed by atoms with Crippen molar-refractivity contribution in [2.45, 2.75) is 64.2 Å².